The van der Waals surface area contributed by atoms with Gasteiger partial charge < -0.3 is 24.4 Å². The monoisotopic (exact) mass is 441 g/mol. The van der Waals surface area contributed by atoms with E-state index >= 15 is 0 Å². The zero-order valence-electron chi connectivity index (χ0n) is 18.5. The van der Waals surface area contributed by atoms with Crippen molar-refractivity contribution in [3.63, 3.8) is 0 Å². The first-order valence-electron chi connectivity index (χ1n) is 11.7. The average Bonchev–Trinajstić information content (AvgIpc) is 3.53. The maximum atomic E-state index is 12.4. The smallest absolute Gasteiger partial charge is 0.335 e. The molecule has 2 bridgehead atoms. The van der Waals surface area contributed by atoms with E-state index in [0.29, 0.717) is 18.6 Å². The molecule has 3 aliphatic carbocycles. The summed E-state index contributed by atoms with van der Waals surface area (Å²) in [4.78, 5) is 14.3. The first-order chi connectivity index (χ1) is 15.4. The van der Waals surface area contributed by atoms with Crippen molar-refractivity contribution in [2.24, 2.45) is 5.92 Å². The molecular weight excluding hydrogens is 410 g/mol. The molecule has 1 spiro atoms. The van der Waals surface area contributed by atoms with Gasteiger partial charge >= 0.3 is 5.97 Å². The molecule has 172 valence electrons. The second-order valence-electron chi connectivity index (χ2n) is 10.3. The predicted octanol–water partition coefficient (Wildman–Crippen LogP) is 2.07. The minimum atomic E-state index is -0.934. The SMILES string of the molecule is C=C(CO[C@H]1CC[C@@]2(O)[C@H]3Cc4ccc(O)c5c4[C@@]2(CCN3CC2CC2)[C@H]1O5)C(=O)OC. The summed E-state index contributed by atoms with van der Waals surface area (Å²) in [6, 6.07) is 3.75. The summed E-state index contributed by atoms with van der Waals surface area (Å²) in [6.07, 6.45) is 4.59. The number of benzene rings is 1. The Hall–Kier alpha value is -2.09. The standard InChI is InChI=1S/C25H31NO6/c1-14(23(28)30-2)13-31-18-7-8-25(29)19-11-16-5-6-17(27)21-20(16)24(25,22(18)32-21)9-10-26(19)12-15-3-4-15/h5-6,15,18-19,22,27,29H,1,3-4,7-13H2,2H3/t18-,19+,22-,24-,25+/m0/s1. The third-order valence-corrected chi connectivity index (χ3v) is 8.65. The molecule has 5 atom stereocenters. The molecule has 3 fully saturated rings. The van der Waals surface area contributed by atoms with Crippen molar-refractivity contribution in [2.75, 3.05) is 26.8 Å². The van der Waals surface area contributed by atoms with Gasteiger partial charge in [0, 0.05) is 18.2 Å². The molecule has 7 nitrogen and oxygen atoms in total. The Morgan fingerprint density at radius 3 is 2.88 bits per heavy atom. The lowest BCUT2D eigenvalue weighted by atomic mass is 9.48. The molecule has 0 unspecified atom stereocenters. The Bertz CT molecular complexity index is 989. The van der Waals surface area contributed by atoms with Crippen molar-refractivity contribution >= 4 is 5.97 Å². The zero-order valence-corrected chi connectivity index (χ0v) is 18.5. The quantitative estimate of drug-likeness (QED) is 0.516. The molecular formula is C25H31NO6. The summed E-state index contributed by atoms with van der Waals surface area (Å²) in [5.74, 6) is 0.884. The highest BCUT2D eigenvalue weighted by molar-refractivity contribution is 5.87. The second-order valence-corrected chi connectivity index (χ2v) is 10.3. The Balaban J connectivity index is 1.39. The summed E-state index contributed by atoms with van der Waals surface area (Å²) in [5.41, 5.74) is 0.846. The number of aliphatic hydroxyl groups is 1. The number of methoxy groups -OCH3 is 1. The largest absolute Gasteiger partial charge is 0.504 e. The van der Waals surface area contributed by atoms with Crippen LogP contribution in [-0.4, -0.2) is 71.7 Å². The molecule has 0 aromatic heterocycles. The van der Waals surface area contributed by atoms with Crippen LogP contribution in [0, 0.1) is 5.92 Å². The zero-order chi connectivity index (χ0) is 22.3. The lowest BCUT2D eigenvalue weighted by Gasteiger charge is -2.64. The number of likely N-dealkylation sites (tertiary alicyclic amines) is 1. The molecule has 5 aliphatic rings. The summed E-state index contributed by atoms with van der Waals surface area (Å²) >= 11 is 0. The molecule has 2 aliphatic heterocycles. The highest BCUT2D eigenvalue weighted by Crippen LogP contribution is 2.65. The molecule has 6 rings (SSSR count). The minimum absolute atomic E-state index is 0.0388. The molecule has 0 radical (unpaired) electrons. The number of ether oxygens (including phenoxy) is 3. The van der Waals surface area contributed by atoms with E-state index in [4.69, 9.17) is 14.2 Å². The van der Waals surface area contributed by atoms with Crippen LogP contribution < -0.4 is 4.74 Å². The van der Waals surface area contributed by atoms with Crippen LogP contribution in [0.15, 0.2) is 24.3 Å². The van der Waals surface area contributed by atoms with Crippen LogP contribution in [0.3, 0.4) is 0 Å². The highest BCUT2D eigenvalue weighted by atomic mass is 16.6. The van der Waals surface area contributed by atoms with Gasteiger partial charge in [0.25, 0.3) is 0 Å². The van der Waals surface area contributed by atoms with E-state index in [1.807, 2.05) is 6.07 Å². The maximum absolute atomic E-state index is 12.4. The molecule has 1 saturated heterocycles. The lowest BCUT2D eigenvalue weighted by Crippen LogP contribution is -2.77. The Morgan fingerprint density at radius 2 is 2.12 bits per heavy atom. The predicted molar refractivity (Wildman–Crippen MR) is 116 cm³/mol. The molecule has 0 amide bonds. The Labute approximate surface area is 187 Å². The van der Waals surface area contributed by atoms with Crippen LogP contribution in [-0.2, 0) is 26.1 Å². The fraction of sp³-hybridized carbons (Fsp3) is 0.640. The third kappa shape index (κ3) is 2.62. The van der Waals surface area contributed by atoms with Crippen LogP contribution in [0.5, 0.6) is 11.5 Å². The number of rotatable bonds is 6. The molecule has 2 N–H and O–H groups in total. The van der Waals surface area contributed by atoms with Crippen LogP contribution in [0.1, 0.15) is 43.2 Å². The van der Waals surface area contributed by atoms with Crippen LogP contribution in [0.25, 0.3) is 0 Å². The molecule has 2 heterocycles. The van der Waals surface area contributed by atoms with Gasteiger partial charge in [-0.1, -0.05) is 12.6 Å². The van der Waals surface area contributed by atoms with Gasteiger partial charge in [-0.2, -0.15) is 0 Å². The number of phenols is 1. The van der Waals surface area contributed by atoms with Crippen LogP contribution in [0.2, 0.25) is 0 Å². The number of aromatic hydroxyl groups is 1. The lowest BCUT2D eigenvalue weighted by molar-refractivity contribution is -0.214. The Morgan fingerprint density at radius 1 is 1.31 bits per heavy atom. The number of nitrogens with zero attached hydrogens (tertiary/aromatic N) is 1. The fourth-order valence-electron chi connectivity index (χ4n) is 7.02. The molecule has 1 aromatic rings. The van der Waals surface area contributed by atoms with Crippen molar-refractivity contribution in [1.29, 1.82) is 0 Å². The van der Waals surface area contributed by atoms with E-state index in [1.165, 1.54) is 20.0 Å². The first kappa shape index (κ1) is 20.5. The van der Waals surface area contributed by atoms with E-state index < -0.39 is 23.1 Å². The number of carbonyl (C=O) groups excluding carboxylic acids is 1. The third-order valence-electron chi connectivity index (χ3n) is 8.65. The normalized spacial score (nSPS) is 36.9. The van der Waals surface area contributed by atoms with E-state index in [9.17, 15) is 15.0 Å². The van der Waals surface area contributed by atoms with E-state index in [1.54, 1.807) is 6.07 Å². The summed E-state index contributed by atoms with van der Waals surface area (Å²) in [5, 5.41) is 23.0. The topological polar surface area (TPSA) is 88.5 Å². The summed E-state index contributed by atoms with van der Waals surface area (Å²) in [7, 11) is 1.33. The number of hydrogen-bond donors (Lipinski definition) is 2. The number of esters is 1. The summed E-state index contributed by atoms with van der Waals surface area (Å²) < 4.78 is 17.3. The van der Waals surface area contributed by atoms with Gasteiger partial charge in [0.2, 0.25) is 0 Å². The van der Waals surface area contributed by atoms with Crippen molar-refractivity contribution in [2.45, 2.75) is 67.8 Å². The van der Waals surface area contributed by atoms with Gasteiger partial charge in [-0.15, -0.1) is 0 Å². The van der Waals surface area contributed by atoms with Gasteiger partial charge in [-0.05, 0) is 62.6 Å². The molecule has 7 heteroatoms. The highest BCUT2D eigenvalue weighted by Gasteiger charge is 2.73. The number of piperidine rings is 1. The van der Waals surface area contributed by atoms with Crippen molar-refractivity contribution in [3.8, 4) is 11.5 Å². The van der Waals surface area contributed by atoms with Gasteiger partial charge in [0.15, 0.2) is 11.5 Å². The minimum Gasteiger partial charge on any atom is -0.504 e. The number of hydrogen-bond acceptors (Lipinski definition) is 7. The number of phenolic OH excluding ortho intramolecular Hbond substituents is 1. The van der Waals surface area contributed by atoms with E-state index in [2.05, 4.69) is 11.5 Å². The van der Waals surface area contributed by atoms with Crippen molar-refractivity contribution in [1.82, 2.24) is 4.90 Å². The van der Waals surface area contributed by atoms with E-state index in [0.717, 1.165) is 43.0 Å². The Kier molecular flexibility index (Phi) is 4.46. The number of carbonyl (C=O) groups is 1. The molecule has 1 aromatic carbocycles. The summed E-state index contributed by atoms with van der Waals surface area (Å²) in [6.45, 7) is 5.78. The van der Waals surface area contributed by atoms with Crippen molar-refractivity contribution < 1.29 is 29.2 Å². The van der Waals surface area contributed by atoms with Gasteiger partial charge in [-0.25, -0.2) is 4.79 Å². The second kappa shape index (κ2) is 6.95. The van der Waals surface area contributed by atoms with Crippen LogP contribution >= 0.6 is 0 Å². The molecule has 32 heavy (non-hydrogen) atoms. The fourth-order valence-corrected chi connectivity index (χ4v) is 7.02. The average molecular weight is 442 g/mol. The van der Waals surface area contributed by atoms with Crippen LogP contribution in [0.4, 0.5) is 0 Å². The van der Waals surface area contributed by atoms with E-state index in [-0.39, 0.29) is 30.1 Å². The van der Waals surface area contributed by atoms with Gasteiger partial charge in [0.05, 0.1) is 36.4 Å². The molecule has 2 saturated carbocycles. The first-order valence-corrected chi connectivity index (χ1v) is 11.7. The van der Waals surface area contributed by atoms with Crippen molar-refractivity contribution in [3.05, 3.63) is 35.4 Å². The van der Waals surface area contributed by atoms with Gasteiger partial charge in [-0.3, -0.25) is 4.90 Å². The maximum Gasteiger partial charge on any atom is 0.335 e. The van der Waals surface area contributed by atoms with Gasteiger partial charge in [0.1, 0.15) is 6.10 Å².